The number of thiocarbonyl (C=S) groups is 1. The molecule has 0 saturated heterocycles. The normalized spacial score (nSPS) is 12.0. The highest BCUT2D eigenvalue weighted by molar-refractivity contribution is 7.80. The van der Waals surface area contributed by atoms with Crippen molar-refractivity contribution >= 4 is 17.2 Å². The maximum atomic E-state index is 5.76. The number of rotatable bonds is 3. The van der Waals surface area contributed by atoms with Gasteiger partial charge in [0.05, 0.1) is 16.6 Å². The highest BCUT2D eigenvalue weighted by atomic mass is 32.1. The molecule has 0 spiro atoms. The predicted octanol–water partition coefficient (Wildman–Crippen LogP) is 1.89. The lowest BCUT2D eigenvalue weighted by Crippen LogP contribution is -2.21. The molecular formula is C12H11N3S. The average Bonchev–Trinajstić information content (AvgIpc) is 2.31. The molecule has 0 amide bonds. The van der Waals surface area contributed by atoms with E-state index in [1.807, 2.05) is 30.3 Å². The third kappa shape index (κ3) is 2.23. The maximum absolute atomic E-state index is 5.76. The lowest BCUT2D eigenvalue weighted by molar-refractivity contribution is 0.970. The second-order valence-corrected chi connectivity index (χ2v) is 3.85. The van der Waals surface area contributed by atoms with Crippen molar-refractivity contribution < 1.29 is 0 Å². The zero-order valence-corrected chi connectivity index (χ0v) is 9.39. The van der Waals surface area contributed by atoms with E-state index in [0.29, 0.717) is 4.99 Å². The molecule has 0 aliphatic rings. The van der Waals surface area contributed by atoms with Crippen LogP contribution in [0.4, 0.5) is 0 Å². The van der Waals surface area contributed by atoms with Crippen molar-refractivity contribution in [3.05, 3.63) is 60.2 Å². The summed E-state index contributed by atoms with van der Waals surface area (Å²) in [6.45, 7) is 0. The highest BCUT2D eigenvalue weighted by Crippen LogP contribution is 2.22. The SMILES string of the molecule is NC(=S)C(c1ccccc1)c1cnccn1. The number of benzene rings is 1. The zero-order valence-electron chi connectivity index (χ0n) is 8.58. The molecule has 2 rings (SSSR count). The average molecular weight is 229 g/mol. The molecule has 16 heavy (non-hydrogen) atoms. The van der Waals surface area contributed by atoms with Gasteiger partial charge in [0.15, 0.2) is 0 Å². The maximum Gasteiger partial charge on any atom is 0.0864 e. The molecule has 1 aromatic heterocycles. The van der Waals surface area contributed by atoms with Crippen LogP contribution in [0.15, 0.2) is 48.9 Å². The van der Waals surface area contributed by atoms with Crippen LogP contribution in [0.3, 0.4) is 0 Å². The first-order valence-corrected chi connectivity index (χ1v) is 5.30. The fourth-order valence-electron chi connectivity index (χ4n) is 1.59. The van der Waals surface area contributed by atoms with Gasteiger partial charge in [0, 0.05) is 18.6 Å². The largest absolute Gasteiger partial charge is 0.392 e. The molecule has 0 aliphatic heterocycles. The van der Waals surface area contributed by atoms with Crippen molar-refractivity contribution in [3.8, 4) is 0 Å². The van der Waals surface area contributed by atoms with E-state index in [4.69, 9.17) is 18.0 Å². The van der Waals surface area contributed by atoms with Crippen molar-refractivity contribution in [2.45, 2.75) is 5.92 Å². The Hall–Kier alpha value is -1.81. The van der Waals surface area contributed by atoms with Crippen LogP contribution in [0.25, 0.3) is 0 Å². The molecule has 0 aliphatic carbocycles. The Balaban J connectivity index is 2.44. The molecule has 0 radical (unpaired) electrons. The van der Waals surface area contributed by atoms with Gasteiger partial charge in [-0.25, -0.2) is 0 Å². The molecule has 1 unspecified atom stereocenters. The Labute approximate surface area is 99.4 Å². The number of aromatic nitrogens is 2. The smallest absolute Gasteiger partial charge is 0.0864 e. The van der Waals surface area contributed by atoms with Gasteiger partial charge in [-0.2, -0.15) is 0 Å². The molecule has 1 aromatic carbocycles. The van der Waals surface area contributed by atoms with E-state index in [9.17, 15) is 0 Å². The second-order valence-electron chi connectivity index (χ2n) is 3.38. The molecular weight excluding hydrogens is 218 g/mol. The number of nitrogens with zero attached hydrogens (tertiary/aromatic N) is 2. The molecule has 2 aromatic rings. The Kier molecular flexibility index (Phi) is 3.22. The summed E-state index contributed by atoms with van der Waals surface area (Å²) >= 11 is 5.09. The molecule has 0 fully saturated rings. The van der Waals surface area contributed by atoms with Gasteiger partial charge in [-0.15, -0.1) is 0 Å². The minimum absolute atomic E-state index is 0.162. The van der Waals surface area contributed by atoms with Crippen LogP contribution in [0.1, 0.15) is 17.2 Å². The summed E-state index contributed by atoms with van der Waals surface area (Å²) in [5, 5.41) is 0. The Morgan fingerprint density at radius 1 is 1.19 bits per heavy atom. The van der Waals surface area contributed by atoms with Crippen molar-refractivity contribution in [1.82, 2.24) is 9.97 Å². The summed E-state index contributed by atoms with van der Waals surface area (Å²) in [6, 6.07) is 9.84. The van der Waals surface area contributed by atoms with Crippen LogP contribution in [0.2, 0.25) is 0 Å². The minimum Gasteiger partial charge on any atom is -0.392 e. The monoisotopic (exact) mass is 229 g/mol. The topological polar surface area (TPSA) is 51.8 Å². The first-order valence-electron chi connectivity index (χ1n) is 4.89. The van der Waals surface area contributed by atoms with Crippen molar-refractivity contribution in [2.24, 2.45) is 5.73 Å². The second kappa shape index (κ2) is 4.81. The zero-order chi connectivity index (χ0) is 11.4. The summed E-state index contributed by atoms with van der Waals surface area (Å²) < 4.78 is 0. The number of nitrogens with two attached hydrogens (primary N) is 1. The summed E-state index contributed by atoms with van der Waals surface area (Å²) in [7, 11) is 0. The van der Waals surface area contributed by atoms with Gasteiger partial charge in [0.25, 0.3) is 0 Å². The van der Waals surface area contributed by atoms with Crippen LogP contribution >= 0.6 is 12.2 Å². The first-order chi connectivity index (χ1) is 7.79. The Morgan fingerprint density at radius 3 is 2.50 bits per heavy atom. The van der Waals surface area contributed by atoms with E-state index in [0.717, 1.165) is 11.3 Å². The van der Waals surface area contributed by atoms with Crippen LogP contribution in [0.5, 0.6) is 0 Å². The molecule has 3 nitrogen and oxygen atoms in total. The van der Waals surface area contributed by atoms with Gasteiger partial charge < -0.3 is 5.73 Å². The fraction of sp³-hybridized carbons (Fsp3) is 0.0833. The van der Waals surface area contributed by atoms with E-state index in [-0.39, 0.29) is 5.92 Å². The van der Waals surface area contributed by atoms with Gasteiger partial charge in [-0.05, 0) is 5.56 Å². The van der Waals surface area contributed by atoms with Crippen LogP contribution in [0, 0.1) is 0 Å². The standard InChI is InChI=1S/C12H11N3S/c13-12(16)11(9-4-2-1-3-5-9)10-8-14-6-7-15-10/h1-8,11H,(H2,13,16). The third-order valence-corrected chi connectivity index (χ3v) is 2.53. The summed E-state index contributed by atoms with van der Waals surface area (Å²) in [6.07, 6.45) is 4.96. The molecule has 0 bridgehead atoms. The fourth-order valence-corrected chi connectivity index (χ4v) is 1.84. The van der Waals surface area contributed by atoms with Gasteiger partial charge in [-0.1, -0.05) is 42.5 Å². The van der Waals surface area contributed by atoms with Crippen LogP contribution in [-0.4, -0.2) is 15.0 Å². The van der Waals surface area contributed by atoms with E-state index >= 15 is 0 Å². The van der Waals surface area contributed by atoms with Gasteiger partial charge in [-0.3, -0.25) is 9.97 Å². The lowest BCUT2D eigenvalue weighted by Gasteiger charge is -2.14. The molecule has 1 atom stereocenters. The van der Waals surface area contributed by atoms with E-state index in [1.165, 1.54) is 0 Å². The predicted molar refractivity (Wildman–Crippen MR) is 67.1 cm³/mol. The van der Waals surface area contributed by atoms with Crippen LogP contribution < -0.4 is 5.73 Å². The minimum atomic E-state index is -0.162. The third-order valence-electron chi connectivity index (χ3n) is 2.30. The summed E-state index contributed by atoms with van der Waals surface area (Å²) in [5.74, 6) is -0.162. The molecule has 0 saturated carbocycles. The molecule has 1 heterocycles. The Morgan fingerprint density at radius 2 is 1.94 bits per heavy atom. The number of hydrogen-bond acceptors (Lipinski definition) is 3. The van der Waals surface area contributed by atoms with E-state index in [2.05, 4.69) is 9.97 Å². The van der Waals surface area contributed by atoms with E-state index < -0.39 is 0 Å². The molecule has 4 heteroatoms. The first kappa shape index (κ1) is 10.7. The molecule has 80 valence electrons. The van der Waals surface area contributed by atoms with Gasteiger partial charge in [0.2, 0.25) is 0 Å². The van der Waals surface area contributed by atoms with Crippen molar-refractivity contribution in [1.29, 1.82) is 0 Å². The quantitative estimate of drug-likeness (QED) is 0.817. The summed E-state index contributed by atoms with van der Waals surface area (Å²) in [5.41, 5.74) is 7.58. The van der Waals surface area contributed by atoms with Gasteiger partial charge >= 0.3 is 0 Å². The lowest BCUT2D eigenvalue weighted by atomic mass is 9.96. The highest BCUT2D eigenvalue weighted by Gasteiger charge is 2.18. The summed E-state index contributed by atoms with van der Waals surface area (Å²) in [4.78, 5) is 8.69. The Bertz CT molecular complexity index is 431. The van der Waals surface area contributed by atoms with Crippen molar-refractivity contribution in [2.75, 3.05) is 0 Å². The van der Waals surface area contributed by atoms with Crippen molar-refractivity contribution in [3.63, 3.8) is 0 Å². The number of hydrogen-bond donors (Lipinski definition) is 1. The van der Waals surface area contributed by atoms with Gasteiger partial charge in [0.1, 0.15) is 0 Å². The van der Waals surface area contributed by atoms with Crippen LogP contribution in [-0.2, 0) is 0 Å². The molecule has 2 N–H and O–H groups in total. The van der Waals surface area contributed by atoms with E-state index in [1.54, 1.807) is 18.6 Å².